The first-order chi connectivity index (χ1) is 18.4. The van der Waals surface area contributed by atoms with E-state index in [1.54, 1.807) is 35.6 Å². The summed E-state index contributed by atoms with van der Waals surface area (Å²) in [6.07, 6.45) is 3.47. The van der Waals surface area contributed by atoms with E-state index in [1.165, 1.54) is 0 Å². The molecule has 2 aliphatic heterocycles. The van der Waals surface area contributed by atoms with Crippen molar-refractivity contribution in [2.24, 2.45) is 0 Å². The first-order valence-electron chi connectivity index (χ1n) is 13.5. The van der Waals surface area contributed by atoms with Crippen molar-refractivity contribution in [1.29, 1.82) is 0 Å². The third-order valence-corrected chi connectivity index (χ3v) is 8.72. The highest BCUT2D eigenvalue weighted by Crippen LogP contribution is 2.34. The van der Waals surface area contributed by atoms with Crippen LogP contribution in [0.1, 0.15) is 75.6 Å². The number of aliphatic hydroxyl groups is 1. The molecule has 0 aliphatic carbocycles. The second kappa shape index (κ2) is 11.8. The molecule has 5 rings (SSSR count). The van der Waals surface area contributed by atoms with Gasteiger partial charge in [0.2, 0.25) is 0 Å². The fourth-order valence-electron chi connectivity index (χ4n) is 5.64. The Kier molecular flexibility index (Phi) is 8.21. The Morgan fingerprint density at radius 1 is 1.13 bits per heavy atom. The molecule has 5 atom stereocenters. The molecule has 0 radical (unpaired) electrons. The fraction of sp³-hybridized carbons (Fsp3) is 0.433. The van der Waals surface area contributed by atoms with E-state index < -0.39 is 12.1 Å². The van der Waals surface area contributed by atoms with E-state index in [1.807, 2.05) is 47.5 Å². The molecule has 0 saturated carbocycles. The van der Waals surface area contributed by atoms with Gasteiger partial charge in [-0.05, 0) is 69.7 Å². The van der Waals surface area contributed by atoms with Crippen LogP contribution in [0.25, 0.3) is 0 Å². The monoisotopic (exact) mass is 532 g/mol. The number of hydrogen-bond acceptors (Lipinski definition) is 6. The molecule has 3 N–H and O–H groups in total. The molecule has 3 heterocycles. The molecule has 38 heavy (non-hydrogen) atoms. The van der Waals surface area contributed by atoms with E-state index in [9.17, 15) is 14.7 Å². The van der Waals surface area contributed by atoms with Gasteiger partial charge in [0, 0.05) is 40.8 Å². The number of aliphatic hydroxyl groups excluding tert-OH is 1. The zero-order valence-electron chi connectivity index (χ0n) is 22.0. The van der Waals surface area contributed by atoms with Crippen LogP contribution in [0.3, 0.4) is 0 Å². The number of thiazole rings is 1. The summed E-state index contributed by atoms with van der Waals surface area (Å²) in [4.78, 5) is 33.4. The molecule has 5 unspecified atom stereocenters. The maximum Gasteiger partial charge on any atom is 0.254 e. The number of benzene rings is 2. The number of likely N-dealkylation sites (tertiary alicyclic amines) is 1. The van der Waals surface area contributed by atoms with E-state index in [4.69, 9.17) is 0 Å². The van der Waals surface area contributed by atoms with E-state index in [0.717, 1.165) is 41.9 Å². The normalized spacial score (nSPS) is 22.8. The van der Waals surface area contributed by atoms with Crippen molar-refractivity contribution < 1.29 is 14.7 Å². The Bertz CT molecular complexity index is 1260. The van der Waals surface area contributed by atoms with Crippen LogP contribution < -0.4 is 10.6 Å². The summed E-state index contributed by atoms with van der Waals surface area (Å²) in [6, 6.07) is 16.6. The largest absolute Gasteiger partial charge is 0.389 e. The van der Waals surface area contributed by atoms with E-state index in [2.05, 4.69) is 22.5 Å². The van der Waals surface area contributed by atoms with Crippen LogP contribution in [0.2, 0.25) is 0 Å². The van der Waals surface area contributed by atoms with Gasteiger partial charge in [-0.3, -0.25) is 9.59 Å². The number of carbonyl (C=O) groups excluding carboxylic acids is 2. The summed E-state index contributed by atoms with van der Waals surface area (Å²) in [5, 5.41) is 20.8. The average Bonchev–Trinajstić information content (AvgIpc) is 3.69. The Hall–Kier alpha value is -3.07. The molecule has 2 aromatic carbocycles. The van der Waals surface area contributed by atoms with Crippen molar-refractivity contribution in [2.45, 2.75) is 76.2 Å². The van der Waals surface area contributed by atoms with Crippen molar-refractivity contribution >= 4 is 23.2 Å². The lowest BCUT2D eigenvalue weighted by molar-refractivity contribution is 0.0730. The number of nitrogens with zero attached hydrogens (tertiary/aromatic N) is 2. The van der Waals surface area contributed by atoms with Gasteiger partial charge in [0.05, 0.1) is 18.2 Å². The number of rotatable bonds is 8. The fourth-order valence-corrected chi connectivity index (χ4v) is 6.58. The Labute approximate surface area is 228 Å². The number of amides is 2. The highest BCUT2D eigenvalue weighted by atomic mass is 32.1. The molecule has 1 aromatic heterocycles. The molecule has 0 spiro atoms. The quantitative estimate of drug-likeness (QED) is 0.403. The van der Waals surface area contributed by atoms with Gasteiger partial charge >= 0.3 is 0 Å². The van der Waals surface area contributed by atoms with Crippen molar-refractivity contribution in [2.75, 3.05) is 6.54 Å². The summed E-state index contributed by atoms with van der Waals surface area (Å²) >= 11 is 1.59. The van der Waals surface area contributed by atoms with Crippen LogP contribution in [0.5, 0.6) is 0 Å². The highest BCUT2D eigenvalue weighted by molar-refractivity contribution is 7.09. The molecule has 0 bridgehead atoms. The van der Waals surface area contributed by atoms with Crippen molar-refractivity contribution in [3.05, 3.63) is 87.4 Å². The smallest absolute Gasteiger partial charge is 0.254 e. The van der Waals surface area contributed by atoms with Gasteiger partial charge in [0.1, 0.15) is 5.01 Å². The number of carbonyl (C=O) groups is 2. The van der Waals surface area contributed by atoms with Gasteiger partial charge in [-0.1, -0.05) is 36.4 Å². The summed E-state index contributed by atoms with van der Waals surface area (Å²) < 4.78 is 0. The zero-order valence-corrected chi connectivity index (χ0v) is 22.8. The third-order valence-electron chi connectivity index (χ3n) is 7.66. The molecule has 7 nitrogen and oxygen atoms in total. The maximum absolute atomic E-state index is 13.5. The van der Waals surface area contributed by atoms with E-state index in [-0.39, 0.29) is 23.9 Å². The van der Waals surface area contributed by atoms with Crippen molar-refractivity contribution in [3.63, 3.8) is 0 Å². The van der Waals surface area contributed by atoms with Gasteiger partial charge in [-0.25, -0.2) is 4.98 Å². The summed E-state index contributed by atoms with van der Waals surface area (Å²) in [5.41, 5.74) is 2.92. The summed E-state index contributed by atoms with van der Waals surface area (Å²) in [7, 11) is 0. The topological polar surface area (TPSA) is 94.6 Å². The number of aromatic nitrogens is 1. The predicted molar refractivity (Wildman–Crippen MR) is 149 cm³/mol. The lowest BCUT2D eigenvalue weighted by Gasteiger charge is -2.29. The minimum atomic E-state index is -0.735. The van der Waals surface area contributed by atoms with Crippen LogP contribution in [-0.4, -0.2) is 57.6 Å². The Morgan fingerprint density at radius 3 is 2.63 bits per heavy atom. The van der Waals surface area contributed by atoms with Gasteiger partial charge in [-0.15, -0.1) is 11.3 Å². The molecular weight excluding hydrogens is 496 g/mol. The van der Waals surface area contributed by atoms with Gasteiger partial charge in [0.25, 0.3) is 11.8 Å². The van der Waals surface area contributed by atoms with E-state index in [0.29, 0.717) is 30.1 Å². The zero-order chi connectivity index (χ0) is 26.6. The second-order valence-corrected chi connectivity index (χ2v) is 11.5. The van der Waals surface area contributed by atoms with Crippen LogP contribution in [0, 0.1) is 6.92 Å². The van der Waals surface area contributed by atoms with Crippen molar-refractivity contribution in [1.82, 2.24) is 20.5 Å². The SMILES string of the molecule is Cc1csc(C2CCCN2C(=O)c2cccc(C(=O)NC(Cc3ccccc3)C(O)C3CCC(C)N3)c2)n1. The van der Waals surface area contributed by atoms with Gasteiger partial charge in [-0.2, -0.15) is 0 Å². The molecule has 8 heteroatoms. The third kappa shape index (κ3) is 5.98. The van der Waals surface area contributed by atoms with Crippen LogP contribution >= 0.6 is 11.3 Å². The van der Waals surface area contributed by atoms with E-state index >= 15 is 0 Å². The molecule has 2 fully saturated rings. The molecule has 2 aliphatic rings. The van der Waals surface area contributed by atoms with Crippen LogP contribution in [0.4, 0.5) is 0 Å². The molecule has 3 aromatic rings. The number of nitrogens with one attached hydrogen (secondary N) is 2. The summed E-state index contributed by atoms with van der Waals surface area (Å²) in [6.45, 7) is 4.76. The standard InChI is InChI=1S/C30H36N4O3S/c1-19-13-14-24(31-19)27(35)25(16-21-8-4-3-5-9-21)33-28(36)22-10-6-11-23(17-22)30(37)34-15-7-12-26(34)29-32-20(2)18-38-29/h3-6,8-11,17-19,24-27,31,35H,7,12-16H2,1-2H3,(H,33,36). The first kappa shape index (κ1) is 26.5. The van der Waals surface area contributed by atoms with Crippen LogP contribution in [-0.2, 0) is 6.42 Å². The second-order valence-electron chi connectivity index (χ2n) is 10.6. The van der Waals surface area contributed by atoms with Crippen LogP contribution in [0.15, 0.2) is 60.0 Å². The van der Waals surface area contributed by atoms with Gasteiger partial charge in [0.15, 0.2) is 0 Å². The van der Waals surface area contributed by atoms with Gasteiger partial charge < -0.3 is 20.6 Å². The average molecular weight is 533 g/mol. The Balaban J connectivity index is 1.32. The molecular formula is C30H36N4O3S. The lowest BCUT2D eigenvalue weighted by Crippen LogP contribution is -2.52. The minimum Gasteiger partial charge on any atom is -0.389 e. The van der Waals surface area contributed by atoms with Crippen molar-refractivity contribution in [3.8, 4) is 0 Å². The molecule has 2 saturated heterocycles. The number of hydrogen-bond donors (Lipinski definition) is 3. The highest BCUT2D eigenvalue weighted by Gasteiger charge is 2.34. The maximum atomic E-state index is 13.5. The molecule has 2 amide bonds. The first-order valence-corrected chi connectivity index (χ1v) is 14.4. The summed E-state index contributed by atoms with van der Waals surface area (Å²) in [5.74, 6) is -0.376. The minimum absolute atomic E-state index is 0.0228. The predicted octanol–water partition coefficient (Wildman–Crippen LogP) is 4.27. The Morgan fingerprint density at radius 2 is 1.92 bits per heavy atom. The lowest BCUT2D eigenvalue weighted by atomic mass is 9.95. The molecule has 200 valence electrons. The number of aryl methyl sites for hydroxylation is 1.